The van der Waals surface area contributed by atoms with Crippen LogP contribution in [-0.2, 0) is 5.75 Å². The molecule has 3 aromatic rings. The van der Waals surface area contributed by atoms with Gasteiger partial charge in [0.2, 0.25) is 0 Å². The second-order valence-corrected chi connectivity index (χ2v) is 7.13. The maximum atomic E-state index is 12.2. The Hall–Kier alpha value is -1.93. The van der Waals surface area contributed by atoms with Gasteiger partial charge in [-0.3, -0.25) is 4.79 Å². The van der Waals surface area contributed by atoms with Crippen LogP contribution < -0.4 is 11.3 Å². The standard InChI is InChI=1S/C14H15N5OS2/c1-6-4-9(15)17-14(16-6)21-5-10-18-12(20)11-7(2)8(3)22-13(11)19-10/h4H,5H2,1-3H3,(H2,15,16,17)(H,18,19,20). The van der Waals surface area contributed by atoms with Crippen molar-refractivity contribution in [3.8, 4) is 0 Å². The molecule has 0 bridgehead atoms. The molecule has 0 aliphatic carbocycles. The average molecular weight is 333 g/mol. The van der Waals surface area contributed by atoms with Gasteiger partial charge in [0.1, 0.15) is 16.5 Å². The molecular formula is C14H15N5OS2. The molecule has 0 saturated heterocycles. The fourth-order valence-electron chi connectivity index (χ4n) is 2.13. The Balaban J connectivity index is 1.89. The van der Waals surface area contributed by atoms with E-state index >= 15 is 0 Å². The molecule has 8 heteroatoms. The largest absolute Gasteiger partial charge is 0.384 e. The predicted molar refractivity (Wildman–Crippen MR) is 90.5 cm³/mol. The number of aryl methyl sites for hydroxylation is 3. The highest BCUT2D eigenvalue weighted by Crippen LogP contribution is 2.26. The molecule has 0 atom stereocenters. The highest BCUT2D eigenvalue weighted by Gasteiger charge is 2.12. The van der Waals surface area contributed by atoms with E-state index in [0.29, 0.717) is 27.9 Å². The molecule has 0 aromatic carbocycles. The van der Waals surface area contributed by atoms with Crippen LogP contribution in [0, 0.1) is 20.8 Å². The van der Waals surface area contributed by atoms with Crippen molar-refractivity contribution in [2.45, 2.75) is 31.7 Å². The Labute approximate surface area is 135 Å². The lowest BCUT2D eigenvalue weighted by Gasteiger charge is -2.03. The average Bonchev–Trinajstić information content (AvgIpc) is 2.71. The van der Waals surface area contributed by atoms with Crippen LogP contribution in [0.15, 0.2) is 16.0 Å². The van der Waals surface area contributed by atoms with E-state index in [4.69, 9.17) is 5.73 Å². The first-order valence-electron chi connectivity index (χ1n) is 6.67. The number of nitrogens with two attached hydrogens (primary N) is 1. The Bertz CT molecular complexity index is 895. The second-order valence-electron chi connectivity index (χ2n) is 4.98. The molecule has 3 aromatic heterocycles. The number of thiophene rings is 1. The van der Waals surface area contributed by atoms with Gasteiger partial charge in [-0.15, -0.1) is 11.3 Å². The minimum Gasteiger partial charge on any atom is -0.384 e. The third-order valence-electron chi connectivity index (χ3n) is 3.28. The zero-order chi connectivity index (χ0) is 15.9. The number of H-pyrrole nitrogens is 1. The van der Waals surface area contributed by atoms with Crippen molar-refractivity contribution >= 4 is 39.1 Å². The summed E-state index contributed by atoms with van der Waals surface area (Å²) in [5, 5.41) is 1.27. The summed E-state index contributed by atoms with van der Waals surface area (Å²) in [5.74, 6) is 1.55. The van der Waals surface area contributed by atoms with Gasteiger partial charge in [0.05, 0.1) is 11.1 Å². The molecule has 0 saturated carbocycles. The first-order valence-corrected chi connectivity index (χ1v) is 8.47. The van der Waals surface area contributed by atoms with E-state index < -0.39 is 0 Å². The van der Waals surface area contributed by atoms with E-state index in [0.717, 1.165) is 21.0 Å². The van der Waals surface area contributed by atoms with Crippen LogP contribution in [0.3, 0.4) is 0 Å². The summed E-state index contributed by atoms with van der Waals surface area (Å²) in [6.45, 7) is 5.81. The summed E-state index contributed by atoms with van der Waals surface area (Å²) in [6, 6.07) is 1.72. The Morgan fingerprint density at radius 2 is 2.05 bits per heavy atom. The molecule has 6 nitrogen and oxygen atoms in total. The lowest BCUT2D eigenvalue weighted by molar-refractivity contribution is 0.935. The Morgan fingerprint density at radius 3 is 2.77 bits per heavy atom. The highest BCUT2D eigenvalue weighted by molar-refractivity contribution is 7.98. The minimum absolute atomic E-state index is 0.0906. The van der Waals surface area contributed by atoms with E-state index in [9.17, 15) is 4.79 Å². The summed E-state index contributed by atoms with van der Waals surface area (Å²) in [6.07, 6.45) is 0. The fourth-order valence-corrected chi connectivity index (χ4v) is 3.96. The summed E-state index contributed by atoms with van der Waals surface area (Å²) in [7, 11) is 0. The number of thioether (sulfide) groups is 1. The molecule has 22 heavy (non-hydrogen) atoms. The topological polar surface area (TPSA) is 97.5 Å². The molecule has 114 valence electrons. The number of nitrogens with zero attached hydrogens (tertiary/aromatic N) is 3. The number of nitrogens with one attached hydrogen (secondary N) is 1. The van der Waals surface area contributed by atoms with Crippen molar-refractivity contribution in [3.05, 3.63) is 38.4 Å². The third kappa shape index (κ3) is 2.84. The molecule has 0 aliphatic rings. The maximum absolute atomic E-state index is 12.2. The quantitative estimate of drug-likeness (QED) is 0.565. The van der Waals surface area contributed by atoms with Gasteiger partial charge < -0.3 is 10.7 Å². The molecule has 3 N–H and O–H groups in total. The van der Waals surface area contributed by atoms with E-state index in [2.05, 4.69) is 19.9 Å². The van der Waals surface area contributed by atoms with Gasteiger partial charge in [-0.2, -0.15) is 0 Å². The van der Waals surface area contributed by atoms with Crippen LogP contribution in [0.5, 0.6) is 0 Å². The summed E-state index contributed by atoms with van der Waals surface area (Å²) in [4.78, 5) is 29.9. The summed E-state index contributed by atoms with van der Waals surface area (Å²) >= 11 is 2.94. The number of nitrogen functional groups attached to an aromatic ring is 1. The van der Waals surface area contributed by atoms with Gasteiger partial charge in [-0.25, -0.2) is 15.0 Å². The number of aromatic nitrogens is 4. The monoisotopic (exact) mass is 333 g/mol. The number of anilines is 1. The number of rotatable bonds is 3. The number of aromatic amines is 1. The van der Waals surface area contributed by atoms with Crippen LogP contribution >= 0.6 is 23.1 Å². The zero-order valence-corrected chi connectivity index (χ0v) is 14.1. The van der Waals surface area contributed by atoms with Gasteiger partial charge in [-0.05, 0) is 26.3 Å². The maximum Gasteiger partial charge on any atom is 0.259 e. The number of hydrogen-bond donors (Lipinski definition) is 2. The lowest BCUT2D eigenvalue weighted by Crippen LogP contribution is -2.11. The van der Waals surface area contributed by atoms with Gasteiger partial charge in [0, 0.05) is 16.6 Å². The van der Waals surface area contributed by atoms with Gasteiger partial charge >= 0.3 is 0 Å². The summed E-state index contributed by atoms with van der Waals surface area (Å²) in [5.41, 5.74) is 7.44. The van der Waals surface area contributed by atoms with Gasteiger partial charge in [0.15, 0.2) is 5.16 Å². The summed E-state index contributed by atoms with van der Waals surface area (Å²) < 4.78 is 0. The normalized spacial score (nSPS) is 11.2. The molecule has 0 spiro atoms. The van der Waals surface area contributed by atoms with E-state index in [1.54, 1.807) is 17.4 Å². The molecule has 0 aliphatic heterocycles. The molecule has 3 heterocycles. The Morgan fingerprint density at radius 1 is 1.27 bits per heavy atom. The SMILES string of the molecule is Cc1cc(N)nc(SCc2nc3sc(C)c(C)c3c(=O)[nH]2)n1. The molecule has 3 rings (SSSR count). The van der Waals surface area contributed by atoms with E-state index in [-0.39, 0.29) is 5.56 Å². The van der Waals surface area contributed by atoms with E-state index in [1.807, 2.05) is 20.8 Å². The smallest absolute Gasteiger partial charge is 0.259 e. The first kappa shape index (κ1) is 15.0. The van der Waals surface area contributed by atoms with Crippen LogP contribution in [0.1, 0.15) is 22.0 Å². The number of hydrogen-bond acceptors (Lipinski definition) is 7. The van der Waals surface area contributed by atoms with Crippen LogP contribution in [0.25, 0.3) is 10.2 Å². The van der Waals surface area contributed by atoms with Crippen LogP contribution in [0.4, 0.5) is 5.82 Å². The second kappa shape index (κ2) is 5.69. The first-order chi connectivity index (χ1) is 10.4. The molecule has 0 unspecified atom stereocenters. The van der Waals surface area contributed by atoms with Crippen molar-refractivity contribution in [1.82, 2.24) is 19.9 Å². The molecular weight excluding hydrogens is 318 g/mol. The minimum atomic E-state index is -0.0906. The van der Waals surface area contributed by atoms with Gasteiger partial charge in [0.25, 0.3) is 5.56 Å². The Kier molecular flexibility index (Phi) is 3.88. The predicted octanol–water partition coefficient (Wildman–Crippen LogP) is 2.57. The highest BCUT2D eigenvalue weighted by atomic mass is 32.2. The lowest BCUT2D eigenvalue weighted by atomic mass is 10.2. The molecule has 0 amide bonds. The third-order valence-corrected chi connectivity index (χ3v) is 5.24. The molecule has 0 radical (unpaired) electrons. The van der Waals surface area contributed by atoms with Crippen LogP contribution in [0.2, 0.25) is 0 Å². The van der Waals surface area contributed by atoms with E-state index in [1.165, 1.54) is 11.8 Å². The number of fused-ring (bicyclic) bond motifs is 1. The van der Waals surface area contributed by atoms with Crippen molar-refractivity contribution in [2.75, 3.05) is 5.73 Å². The van der Waals surface area contributed by atoms with Gasteiger partial charge in [-0.1, -0.05) is 11.8 Å². The van der Waals surface area contributed by atoms with Crippen molar-refractivity contribution in [3.63, 3.8) is 0 Å². The molecule has 0 fully saturated rings. The van der Waals surface area contributed by atoms with Crippen molar-refractivity contribution < 1.29 is 0 Å². The fraction of sp³-hybridized carbons (Fsp3) is 0.286. The van der Waals surface area contributed by atoms with Crippen LogP contribution in [-0.4, -0.2) is 19.9 Å². The van der Waals surface area contributed by atoms with Crippen molar-refractivity contribution in [2.24, 2.45) is 0 Å². The van der Waals surface area contributed by atoms with Crippen molar-refractivity contribution in [1.29, 1.82) is 0 Å². The zero-order valence-electron chi connectivity index (χ0n) is 12.4.